The zero-order valence-electron chi connectivity index (χ0n) is 39.9. The SMILES string of the molecule is CC(C)(C)c1ccnc(-n2c3[c-]c(Oc4[c-]c(-[n+]5[c-]n(-c6c(-c7ccccc7)cccc6-c6ccccc6)c6ccccc65)c5c(c4)C4c6ccccc6C5c5ccccc54)ccc3c3ccccc32)c1.[Pt]. The van der Waals surface area contributed by atoms with Crippen LogP contribution < -0.4 is 9.30 Å². The van der Waals surface area contributed by atoms with Crippen molar-refractivity contribution in [1.29, 1.82) is 0 Å². The van der Waals surface area contributed by atoms with Crippen LogP contribution >= 0.6 is 0 Å². The van der Waals surface area contributed by atoms with Gasteiger partial charge in [0.25, 0.3) is 6.33 Å². The number of aromatic nitrogens is 4. The van der Waals surface area contributed by atoms with E-state index in [0.29, 0.717) is 11.5 Å². The summed E-state index contributed by atoms with van der Waals surface area (Å²) in [7, 11) is 0. The molecular formula is C66H46N4OPt-2. The molecule has 3 aromatic heterocycles. The molecule has 0 radical (unpaired) electrons. The second kappa shape index (κ2) is 17.0. The number of imidazole rings is 1. The third kappa shape index (κ3) is 6.86. The van der Waals surface area contributed by atoms with E-state index in [4.69, 9.17) is 9.72 Å². The van der Waals surface area contributed by atoms with Crippen molar-refractivity contribution in [2.24, 2.45) is 0 Å². The molecular weight excluding hydrogens is 1060 g/mol. The standard InChI is InChI=1S/C66H46N4O.Pt/c1-66(2,3)44-35-36-67-61(37-44)70-56-30-15-14-23-49(56)50-34-33-45(39-59(50)70)71-46-38-55-62-51-24-10-12-26-53(51)63(54-27-13-11-25-52(54)62)64(55)60(40-46)68-41-69(58-32-17-16-31-57(58)68)65-47(42-19-6-4-7-20-42)28-18-29-48(65)43-21-8-5-9-22-43;/h4-38,62-63H,1-3H3;/q-2;. The molecule has 2 bridgehead atoms. The molecule has 12 aromatic rings. The Hall–Kier alpha value is -8.11. The van der Waals surface area contributed by atoms with Crippen LogP contribution in [-0.4, -0.2) is 14.1 Å². The molecule has 0 unspecified atom stereocenters. The van der Waals surface area contributed by atoms with Gasteiger partial charge in [-0.25, -0.2) is 4.98 Å². The molecule has 5 nitrogen and oxygen atoms in total. The number of para-hydroxylation sites is 4. The van der Waals surface area contributed by atoms with Crippen LogP contribution in [0.2, 0.25) is 0 Å². The Morgan fingerprint density at radius 2 is 1.12 bits per heavy atom. The van der Waals surface area contributed by atoms with Crippen molar-refractivity contribution in [1.82, 2.24) is 14.1 Å². The minimum Gasteiger partial charge on any atom is -0.510 e. The second-order valence-electron chi connectivity index (χ2n) is 19.9. The van der Waals surface area contributed by atoms with E-state index in [2.05, 4.69) is 253 Å². The number of hydrogen-bond acceptors (Lipinski definition) is 2. The van der Waals surface area contributed by atoms with Crippen molar-refractivity contribution < 1.29 is 30.4 Å². The average Bonchev–Trinajstić information content (AvgIpc) is 3.96. The topological polar surface area (TPSA) is 35.9 Å². The average molecular weight is 1110 g/mol. The van der Waals surface area contributed by atoms with E-state index in [1.165, 1.54) is 38.9 Å². The Labute approximate surface area is 433 Å². The van der Waals surface area contributed by atoms with Crippen molar-refractivity contribution in [3.63, 3.8) is 0 Å². The number of fused-ring (bicyclic) bond motifs is 4. The van der Waals surface area contributed by atoms with Gasteiger partial charge in [0, 0.05) is 50.2 Å². The Balaban J connectivity index is 0.00000504. The molecule has 0 N–H and O–H groups in total. The van der Waals surface area contributed by atoms with Crippen LogP contribution in [0.15, 0.2) is 212 Å². The summed E-state index contributed by atoms with van der Waals surface area (Å²) >= 11 is 0. The summed E-state index contributed by atoms with van der Waals surface area (Å²) in [6.45, 7) is 6.71. The van der Waals surface area contributed by atoms with Crippen molar-refractivity contribution in [3.05, 3.63) is 270 Å². The molecule has 0 amide bonds. The van der Waals surface area contributed by atoms with Gasteiger partial charge < -0.3 is 13.9 Å². The maximum atomic E-state index is 7.14. The first-order valence-corrected chi connectivity index (χ1v) is 24.4. The molecule has 348 valence electrons. The van der Waals surface area contributed by atoms with E-state index in [1.807, 2.05) is 12.3 Å². The van der Waals surface area contributed by atoms with Gasteiger partial charge in [0.1, 0.15) is 5.82 Å². The summed E-state index contributed by atoms with van der Waals surface area (Å²) < 4.78 is 13.9. The molecule has 0 aliphatic heterocycles. The minimum atomic E-state index is -0.0495. The van der Waals surface area contributed by atoms with Gasteiger partial charge in [0.05, 0.1) is 16.7 Å². The molecule has 15 rings (SSSR count). The molecule has 3 aliphatic rings. The molecule has 3 aliphatic carbocycles. The van der Waals surface area contributed by atoms with Crippen LogP contribution in [-0.2, 0) is 26.5 Å². The van der Waals surface area contributed by atoms with Crippen LogP contribution in [0.3, 0.4) is 0 Å². The van der Waals surface area contributed by atoms with Gasteiger partial charge in [-0.1, -0.05) is 196 Å². The summed E-state index contributed by atoms with van der Waals surface area (Å²) in [5.41, 5.74) is 19.4. The van der Waals surface area contributed by atoms with Crippen LogP contribution in [0.25, 0.3) is 72.3 Å². The summed E-state index contributed by atoms with van der Waals surface area (Å²) in [5, 5.41) is 2.22. The third-order valence-electron chi connectivity index (χ3n) is 14.8. The Kier molecular flexibility index (Phi) is 10.4. The Bertz CT molecular complexity index is 3980. The number of ether oxygens (including phenoxy) is 1. The van der Waals surface area contributed by atoms with Gasteiger partial charge in [-0.3, -0.25) is 4.57 Å². The number of rotatable bonds is 7. The minimum absolute atomic E-state index is 0. The molecule has 0 saturated heterocycles. The van der Waals surface area contributed by atoms with E-state index in [9.17, 15) is 0 Å². The van der Waals surface area contributed by atoms with E-state index in [1.54, 1.807) is 0 Å². The van der Waals surface area contributed by atoms with Gasteiger partial charge >= 0.3 is 0 Å². The number of benzene rings is 9. The molecule has 6 heteroatoms. The normalized spacial score (nSPS) is 14.5. The van der Waals surface area contributed by atoms with Gasteiger partial charge in [0.15, 0.2) is 0 Å². The van der Waals surface area contributed by atoms with Gasteiger partial charge in [0.2, 0.25) is 0 Å². The summed E-state index contributed by atoms with van der Waals surface area (Å²) in [4.78, 5) is 4.94. The first-order chi connectivity index (χ1) is 34.9. The molecule has 9 aromatic carbocycles. The van der Waals surface area contributed by atoms with Crippen LogP contribution in [0.5, 0.6) is 11.5 Å². The van der Waals surface area contributed by atoms with Crippen molar-refractivity contribution in [2.75, 3.05) is 0 Å². The smallest absolute Gasteiger partial charge is 0.268 e. The number of pyridine rings is 1. The van der Waals surface area contributed by atoms with Crippen LogP contribution in [0, 0.1) is 18.5 Å². The molecule has 72 heavy (non-hydrogen) atoms. The molecule has 0 fully saturated rings. The van der Waals surface area contributed by atoms with Crippen LogP contribution in [0.4, 0.5) is 0 Å². The monoisotopic (exact) mass is 1110 g/mol. The molecule has 0 spiro atoms. The van der Waals surface area contributed by atoms with Gasteiger partial charge in [-0.05, 0) is 90.7 Å². The predicted molar refractivity (Wildman–Crippen MR) is 284 cm³/mol. The fourth-order valence-electron chi connectivity index (χ4n) is 11.6. The molecule has 0 atom stereocenters. The fraction of sp³-hybridized carbons (Fsp3) is 0.0909. The second-order valence-corrected chi connectivity index (χ2v) is 19.9. The van der Waals surface area contributed by atoms with E-state index >= 15 is 0 Å². The Morgan fingerprint density at radius 3 is 1.79 bits per heavy atom. The first kappa shape index (κ1) is 43.9. The molecule has 3 heterocycles. The maximum absolute atomic E-state index is 7.14. The van der Waals surface area contributed by atoms with E-state index in [-0.39, 0.29) is 38.3 Å². The van der Waals surface area contributed by atoms with Gasteiger partial charge in [-0.2, -0.15) is 6.07 Å². The number of hydrogen-bond donors (Lipinski definition) is 0. The fourth-order valence-corrected chi connectivity index (χ4v) is 11.6. The largest absolute Gasteiger partial charge is 0.510 e. The third-order valence-corrected chi connectivity index (χ3v) is 14.8. The van der Waals surface area contributed by atoms with E-state index in [0.717, 1.165) is 72.3 Å². The van der Waals surface area contributed by atoms with Crippen LogP contribution in [0.1, 0.15) is 71.6 Å². The predicted octanol–water partition coefficient (Wildman–Crippen LogP) is 15.2. The van der Waals surface area contributed by atoms with Crippen molar-refractivity contribution in [2.45, 2.75) is 38.0 Å². The Morgan fingerprint density at radius 1 is 0.528 bits per heavy atom. The molecule has 0 saturated carbocycles. The van der Waals surface area contributed by atoms with E-state index < -0.39 is 0 Å². The summed E-state index contributed by atoms with van der Waals surface area (Å²) in [6, 6.07) is 81.6. The first-order valence-electron chi connectivity index (χ1n) is 24.4. The van der Waals surface area contributed by atoms with Crippen molar-refractivity contribution >= 4 is 32.8 Å². The maximum Gasteiger partial charge on any atom is 0.268 e. The zero-order valence-corrected chi connectivity index (χ0v) is 42.1. The van der Waals surface area contributed by atoms with Gasteiger partial charge in [-0.15, -0.1) is 40.8 Å². The van der Waals surface area contributed by atoms with Crippen molar-refractivity contribution in [3.8, 4) is 50.9 Å². The number of nitrogens with zero attached hydrogens (tertiary/aromatic N) is 4. The summed E-state index contributed by atoms with van der Waals surface area (Å²) in [6.07, 6.45) is 5.92. The quantitative estimate of drug-likeness (QED) is 0.118. The zero-order chi connectivity index (χ0) is 47.4. The summed E-state index contributed by atoms with van der Waals surface area (Å²) in [5.74, 6) is 2.02.